The number of carbonyl (C=O) groups excluding carboxylic acids is 2. The number of aromatic nitrogens is 5. The number of amides is 2. The van der Waals surface area contributed by atoms with Crippen LogP contribution in [0.1, 0.15) is 21.2 Å². The first-order valence-electron chi connectivity index (χ1n) is 10.8. The van der Waals surface area contributed by atoms with E-state index in [9.17, 15) is 14.0 Å². The maximum Gasteiger partial charge on any atom is 0.251 e. The van der Waals surface area contributed by atoms with Crippen LogP contribution in [0.25, 0.3) is 5.69 Å². The highest BCUT2D eigenvalue weighted by molar-refractivity contribution is 7.99. The van der Waals surface area contributed by atoms with Gasteiger partial charge in [0.2, 0.25) is 11.0 Å². The fraction of sp³-hybridized carbons (Fsp3) is 0.217. The molecule has 4 rings (SSSR count). The summed E-state index contributed by atoms with van der Waals surface area (Å²) in [5.74, 6) is 0.130. The predicted octanol–water partition coefficient (Wildman–Crippen LogP) is 3.24. The van der Waals surface area contributed by atoms with Gasteiger partial charge in [-0.1, -0.05) is 29.2 Å². The Bertz CT molecular complexity index is 1430. The third-order valence-corrected chi connectivity index (χ3v) is 6.61. The summed E-state index contributed by atoms with van der Waals surface area (Å²) in [5, 5.41) is 23.2. The van der Waals surface area contributed by atoms with E-state index in [0.717, 1.165) is 22.8 Å². The van der Waals surface area contributed by atoms with Gasteiger partial charge >= 0.3 is 0 Å². The number of rotatable bonds is 10. The van der Waals surface area contributed by atoms with Gasteiger partial charge in [-0.05, 0) is 37.3 Å². The van der Waals surface area contributed by atoms with Gasteiger partial charge in [-0.2, -0.15) is 0 Å². The molecular formula is C23H22FN7O4S2. The van der Waals surface area contributed by atoms with Gasteiger partial charge in [0.25, 0.3) is 5.91 Å². The van der Waals surface area contributed by atoms with Crippen LogP contribution in [0.2, 0.25) is 0 Å². The van der Waals surface area contributed by atoms with Crippen LogP contribution in [-0.2, 0) is 11.3 Å². The molecule has 0 fully saturated rings. The molecule has 0 saturated heterocycles. The monoisotopic (exact) mass is 543 g/mol. The molecule has 192 valence electrons. The molecule has 0 aliphatic heterocycles. The molecule has 0 atom stereocenters. The summed E-state index contributed by atoms with van der Waals surface area (Å²) in [5.41, 5.74) is 0.715. The van der Waals surface area contributed by atoms with Crippen LogP contribution in [0.15, 0.2) is 47.6 Å². The number of aryl methyl sites for hydroxylation is 1. The van der Waals surface area contributed by atoms with Crippen molar-refractivity contribution in [1.29, 1.82) is 0 Å². The lowest BCUT2D eigenvalue weighted by molar-refractivity contribution is -0.113. The first-order valence-corrected chi connectivity index (χ1v) is 12.6. The fourth-order valence-electron chi connectivity index (χ4n) is 3.25. The fourth-order valence-corrected chi connectivity index (χ4v) is 4.62. The molecule has 2 N–H and O–H groups in total. The van der Waals surface area contributed by atoms with E-state index in [1.165, 1.54) is 43.8 Å². The van der Waals surface area contributed by atoms with Crippen molar-refractivity contribution in [1.82, 2.24) is 30.3 Å². The molecule has 0 bridgehead atoms. The normalized spacial score (nSPS) is 10.7. The lowest BCUT2D eigenvalue weighted by atomic mass is 10.2. The number of ether oxygens (including phenoxy) is 2. The Morgan fingerprint density at radius 3 is 2.62 bits per heavy atom. The van der Waals surface area contributed by atoms with E-state index in [-0.39, 0.29) is 23.8 Å². The van der Waals surface area contributed by atoms with E-state index in [4.69, 9.17) is 9.47 Å². The van der Waals surface area contributed by atoms with Gasteiger partial charge in [-0.15, -0.1) is 20.4 Å². The van der Waals surface area contributed by atoms with Crippen LogP contribution < -0.4 is 20.1 Å². The van der Waals surface area contributed by atoms with Gasteiger partial charge in [0, 0.05) is 11.6 Å². The van der Waals surface area contributed by atoms with Gasteiger partial charge in [0.05, 0.1) is 32.2 Å². The topological polar surface area (TPSA) is 133 Å². The average Bonchev–Trinajstić information content (AvgIpc) is 3.50. The maximum absolute atomic E-state index is 13.5. The van der Waals surface area contributed by atoms with Gasteiger partial charge < -0.3 is 14.8 Å². The number of nitrogens with one attached hydrogen (secondary N) is 2. The van der Waals surface area contributed by atoms with E-state index in [1.54, 1.807) is 29.7 Å². The number of hydrogen-bond acceptors (Lipinski definition) is 10. The Labute approximate surface area is 219 Å². The quantitative estimate of drug-likeness (QED) is 0.289. The third kappa shape index (κ3) is 6.40. The Hall–Kier alpha value is -4.04. The van der Waals surface area contributed by atoms with E-state index in [1.807, 2.05) is 0 Å². The number of benzene rings is 2. The molecule has 37 heavy (non-hydrogen) atoms. The van der Waals surface area contributed by atoms with Gasteiger partial charge in [-0.25, -0.2) is 4.39 Å². The second-order valence-electron chi connectivity index (χ2n) is 7.43. The molecule has 2 aromatic heterocycles. The minimum Gasteiger partial charge on any atom is -0.497 e. The highest BCUT2D eigenvalue weighted by Crippen LogP contribution is 2.32. The number of nitrogens with zero attached hydrogens (tertiary/aromatic N) is 5. The smallest absolute Gasteiger partial charge is 0.251 e. The summed E-state index contributed by atoms with van der Waals surface area (Å²) in [6, 6.07) is 10.6. The summed E-state index contributed by atoms with van der Waals surface area (Å²) >= 11 is 2.41. The zero-order chi connectivity index (χ0) is 26.4. The molecule has 0 aliphatic carbocycles. The van der Waals surface area contributed by atoms with Gasteiger partial charge in [-0.3, -0.25) is 19.5 Å². The molecule has 11 nitrogen and oxygen atoms in total. The van der Waals surface area contributed by atoms with Crippen LogP contribution in [0.4, 0.5) is 9.52 Å². The van der Waals surface area contributed by atoms with Crippen molar-refractivity contribution in [3.8, 4) is 17.2 Å². The van der Waals surface area contributed by atoms with Crippen LogP contribution in [-0.4, -0.2) is 56.7 Å². The zero-order valence-electron chi connectivity index (χ0n) is 20.0. The van der Waals surface area contributed by atoms with E-state index < -0.39 is 11.7 Å². The van der Waals surface area contributed by atoms with Gasteiger partial charge in [0.1, 0.15) is 22.3 Å². The zero-order valence-corrected chi connectivity index (χ0v) is 21.7. The van der Waals surface area contributed by atoms with Crippen LogP contribution in [0.3, 0.4) is 0 Å². The average molecular weight is 544 g/mol. The van der Waals surface area contributed by atoms with Crippen molar-refractivity contribution in [3.63, 3.8) is 0 Å². The Kier molecular flexibility index (Phi) is 8.30. The van der Waals surface area contributed by atoms with Crippen molar-refractivity contribution in [3.05, 3.63) is 64.7 Å². The predicted molar refractivity (Wildman–Crippen MR) is 136 cm³/mol. The Morgan fingerprint density at radius 2 is 1.92 bits per heavy atom. The molecule has 2 heterocycles. The number of anilines is 1. The standard InChI is InChI=1S/C23H22FN7O4S2/c1-13-27-29-22(37-13)26-20(32)12-36-23-30-28-19(11-25-21(33)14-5-4-6-15(24)9-14)31(23)17-10-16(34-2)7-8-18(17)35-3/h4-10H,11-12H2,1-3H3,(H,25,33)(H,26,29,32). The summed E-state index contributed by atoms with van der Waals surface area (Å²) in [6.07, 6.45) is 0. The molecule has 0 unspecified atom stereocenters. The number of methoxy groups -OCH3 is 2. The first kappa shape index (κ1) is 26.0. The van der Waals surface area contributed by atoms with E-state index in [0.29, 0.717) is 33.3 Å². The minimum absolute atomic E-state index is 0.0126. The second kappa shape index (κ2) is 11.8. The number of halogens is 1. The largest absolute Gasteiger partial charge is 0.497 e. The highest BCUT2D eigenvalue weighted by atomic mass is 32.2. The van der Waals surface area contributed by atoms with Crippen molar-refractivity contribution < 1.29 is 23.5 Å². The molecule has 4 aromatic rings. The van der Waals surface area contributed by atoms with E-state index >= 15 is 0 Å². The maximum atomic E-state index is 13.5. The van der Waals surface area contributed by atoms with Crippen molar-refractivity contribution in [2.75, 3.05) is 25.3 Å². The Morgan fingerprint density at radius 1 is 1.08 bits per heavy atom. The molecule has 0 saturated carbocycles. The summed E-state index contributed by atoms with van der Waals surface area (Å²) < 4.78 is 26.1. The third-order valence-electron chi connectivity index (χ3n) is 4.93. The Balaban J connectivity index is 1.60. The second-order valence-corrected chi connectivity index (χ2v) is 9.55. The van der Waals surface area contributed by atoms with Crippen molar-refractivity contribution in [2.45, 2.75) is 18.6 Å². The van der Waals surface area contributed by atoms with E-state index in [2.05, 4.69) is 31.0 Å². The summed E-state index contributed by atoms with van der Waals surface area (Å²) in [6.45, 7) is 1.76. The first-order chi connectivity index (χ1) is 17.9. The minimum atomic E-state index is -0.516. The van der Waals surface area contributed by atoms with Crippen LogP contribution >= 0.6 is 23.1 Å². The molecule has 0 aliphatic rings. The summed E-state index contributed by atoms with van der Waals surface area (Å²) in [7, 11) is 3.05. The van der Waals surface area contributed by atoms with Crippen molar-refractivity contribution >= 4 is 40.0 Å². The number of thioether (sulfide) groups is 1. The van der Waals surface area contributed by atoms with Crippen molar-refractivity contribution in [2.24, 2.45) is 0 Å². The lowest BCUT2D eigenvalue weighted by Gasteiger charge is -2.15. The van der Waals surface area contributed by atoms with Crippen LogP contribution in [0, 0.1) is 12.7 Å². The molecule has 0 radical (unpaired) electrons. The molecule has 0 spiro atoms. The molecular weight excluding hydrogens is 521 g/mol. The summed E-state index contributed by atoms with van der Waals surface area (Å²) in [4.78, 5) is 25.1. The SMILES string of the molecule is COc1ccc(OC)c(-n2c(CNC(=O)c3cccc(F)c3)nnc2SCC(=O)Nc2nnc(C)s2)c1. The van der Waals surface area contributed by atoms with Crippen LogP contribution in [0.5, 0.6) is 11.5 Å². The lowest BCUT2D eigenvalue weighted by Crippen LogP contribution is -2.25. The number of carbonyl (C=O) groups is 2. The highest BCUT2D eigenvalue weighted by Gasteiger charge is 2.21. The molecule has 14 heteroatoms. The number of hydrogen-bond donors (Lipinski definition) is 2. The molecule has 2 aromatic carbocycles. The van der Waals surface area contributed by atoms with Gasteiger partial charge in [0.15, 0.2) is 11.0 Å². The molecule has 2 amide bonds.